The average molecular weight is 342 g/mol. The third-order valence-electron chi connectivity index (χ3n) is 3.36. The van der Waals surface area contributed by atoms with Crippen LogP contribution in [0.1, 0.15) is 5.56 Å². The molecule has 0 radical (unpaired) electrons. The second-order valence-electron chi connectivity index (χ2n) is 5.12. The quantitative estimate of drug-likeness (QED) is 0.497. The lowest BCUT2D eigenvalue weighted by atomic mass is 10.1. The average Bonchev–Trinajstić information content (AvgIpc) is 2.57. The van der Waals surface area contributed by atoms with E-state index in [4.69, 9.17) is 11.6 Å². The van der Waals surface area contributed by atoms with Gasteiger partial charge in [-0.05, 0) is 43.5 Å². The molecule has 0 unspecified atom stereocenters. The molecule has 0 saturated heterocycles. The molecule has 5 heteroatoms. The van der Waals surface area contributed by atoms with Crippen molar-refractivity contribution in [3.63, 3.8) is 0 Å². The molecule has 0 amide bonds. The third kappa shape index (κ3) is 4.03. The van der Waals surface area contributed by atoms with Crippen molar-refractivity contribution < 1.29 is 0 Å². The highest BCUT2D eigenvalue weighted by Gasteiger charge is 2.07. The first-order chi connectivity index (χ1) is 11.1. The fraction of sp³-hybridized carbons (Fsp3) is 0.111. The smallest absolute Gasteiger partial charge is 0.228 e. The SMILES string of the molecule is CSc1cc(-c2ccc(C)cc2)nc(Nc2ccc(Cl)cc2)n1. The molecule has 0 saturated carbocycles. The molecule has 2 aromatic carbocycles. The van der Waals surface area contributed by atoms with E-state index in [0.717, 1.165) is 22.0 Å². The number of benzene rings is 2. The van der Waals surface area contributed by atoms with Crippen LogP contribution in [-0.2, 0) is 0 Å². The molecular weight excluding hydrogens is 326 g/mol. The molecule has 0 spiro atoms. The molecule has 1 N–H and O–H groups in total. The van der Waals surface area contributed by atoms with Crippen molar-refractivity contribution in [2.24, 2.45) is 0 Å². The van der Waals surface area contributed by atoms with Crippen LogP contribution in [0.2, 0.25) is 5.02 Å². The molecule has 0 aliphatic rings. The van der Waals surface area contributed by atoms with Gasteiger partial charge >= 0.3 is 0 Å². The lowest BCUT2D eigenvalue weighted by molar-refractivity contribution is 1.06. The van der Waals surface area contributed by atoms with Gasteiger partial charge in [0.1, 0.15) is 5.03 Å². The minimum Gasteiger partial charge on any atom is -0.324 e. The summed E-state index contributed by atoms with van der Waals surface area (Å²) < 4.78 is 0. The largest absolute Gasteiger partial charge is 0.324 e. The lowest BCUT2D eigenvalue weighted by Gasteiger charge is -2.09. The number of aryl methyl sites for hydroxylation is 1. The van der Waals surface area contributed by atoms with Crippen molar-refractivity contribution in [2.45, 2.75) is 11.9 Å². The standard InChI is InChI=1S/C18H16ClN3S/c1-12-3-5-13(6-4-12)16-11-17(23-2)22-18(21-16)20-15-9-7-14(19)8-10-15/h3-11H,1-2H3,(H,20,21,22). The minimum absolute atomic E-state index is 0.578. The molecule has 0 atom stereocenters. The van der Waals surface area contributed by atoms with Crippen molar-refractivity contribution in [1.82, 2.24) is 9.97 Å². The van der Waals surface area contributed by atoms with E-state index in [-0.39, 0.29) is 0 Å². The first-order valence-corrected chi connectivity index (χ1v) is 8.77. The summed E-state index contributed by atoms with van der Waals surface area (Å²) in [5.41, 5.74) is 4.11. The summed E-state index contributed by atoms with van der Waals surface area (Å²) in [5.74, 6) is 0.578. The Labute approximate surface area is 145 Å². The summed E-state index contributed by atoms with van der Waals surface area (Å²) in [7, 11) is 0. The first kappa shape index (κ1) is 15.8. The lowest BCUT2D eigenvalue weighted by Crippen LogP contribution is -1.99. The number of aromatic nitrogens is 2. The highest BCUT2D eigenvalue weighted by atomic mass is 35.5. The Morgan fingerprint density at radius 1 is 0.957 bits per heavy atom. The van der Waals surface area contributed by atoms with Gasteiger partial charge in [0.05, 0.1) is 5.69 Å². The van der Waals surface area contributed by atoms with Gasteiger partial charge in [0.2, 0.25) is 5.95 Å². The van der Waals surface area contributed by atoms with Crippen molar-refractivity contribution >= 4 is 35.0 Å². The van der Waals surface area contributed by atoms with Crippen LogP contribution in [0.15, 0.2) is 59.6 Å². The Morgan fingerprint density at radius 3 is 2.30 bits per heavy atom. The van der Waals surface area contributed by atoms with Crippen LogP contribution >= 0.6 is 23.4 Å². The molecule has 3 aromatic rings. The maximum atomic E-state index is 5.92. The van der Waals surface area contributed by atoms with Gasteiger partial charge in [0.25, 0.3) is 0 Å². The number of hydrogen-bond acceptors (Lipinski definition) is 4. The van der Waals surface area contributed by atoms with Crippen molar-refractivity contribution in [3.05, 3.63) is 65.2 Å². The van der Waals surface area contributed by atoms with Crippen LogP contribution in [0.5, 0.6) is 0 Å². The van der Waals surface area contributed by atoms with E-state index in [1.165, 1.54) is 5.56 Å². The number of halogens is 1. The Bertz CT molecular complexity index is 802. The summed E-state index contributed by atoms with van der Waals surface area (Å²) >= 11 is 7.51. The van der Waals surface area contributed by atoms with Gasteiger partial charge in [-0.1, -0.05) is 41.4 Å². The van der Waals surface area contributed by atoms with Crippen LogP contribution in [0.4, 0.5) is 11.6 Å². The topological polar surface area (TPSA) is 37.8 Å². The van der Waals surface area contributed by atoms with E-state index in [0.29, 0.717) is 11.0 Å². The second-order valence-corrected chi connectivity index (χ2v) is 6.38. The maximum absolute atomic E-state index is 5.92. The van der Waals surface area contributed by atoms with Gasteiger partial charge in [0.15, 0.2) is 0 Å². The minimum atomic E-state index is 0.578. The summed E-state index contributed by atoms with van der Waals surface area (Å²) in [6.45, 7) is 2.07. The zero-order valence-electron chi connectivity index (χ0n) is 12.9. The van der Waals surface area contributed by atoms with E-state index in [9.17, 15) is 0 Å². The Hall–Kier alpha value is -2.04. The van der Waals surface area contributed by atoms with Gasteiger partial charge in [-0.3, -0.25) is 0 Å². The Balaban J connectivity index is 1.95. The number of anilines is 2. The van der Waals surface area contributed by atoms with Crippen LogP contribution in [0.3, 0.4) is 0 Å². The van der Waals surface area contributed by atoms with Gasteiger partial charge in [-0.15, -0.1) is 11.8 Å². The maximum Gasteiger partial charge on any atom is 0.228 e. The molecule has 1 heterocycles. The molecule has 116 valence electrons. The molecule has 0 aliphatic carbocycles. The highest BCUT2D eigenvalue weighted by Crippen LogP contribution is 2.25. The molecule has 3 nitrogen and oxygen atoms in total. The highest BCUT2D eigenvalue weighted by molar-refractivity contribution is 7.98. The monoisotopic (exact) mass is 341 g/mol. The third-order valence-corrected chi connectivity index (χ3v) is 4.24. The summed E-state index contributed by atoms with van der Waals surface area (Å²) in [6.07, 6.45) is 2.01. The zero-order valence-corrected chi connectivity index (χ0v) is 14.4. The molecule has 23 heavy (non-hydrogen) atoms. The molecule has 0 bridgehead atoms. The van der Waals surface area contributed by atoms with Gasteiger partial charge in [-0.25, -0.2) is 9.97 Å². The number of thioether (sulfide) groups is 1. The molecule has 3 rings (SSSR count). The summed E-state index contributed by atoms with van der Waals surface area (Å²) in [5, 5.41) is 4.86. The van der Waals surface area contributed by atoms with Gasteiger partial charge in [0, 0.05) is 16.3 Å². The first-order valence-electron chi connectivity index (χ1n) is 7.17. The van der Waals surface area contributed by atoms with Crippen LogP contribution in [-0.4, -0.2) is 16.2 Å². The van der Waals surface area contributed by atoms with Gasteiger partial charge in [-0.2, -0.15) is 0 Å². The van der Waals surface area contributed by atoms with E-state index in [1.54, 1.807) is 11.8 Å². The Morgan fingerprint density at radius 2 is 1.65 bits per heavy atom. The fourth-order valence-corrected chi connectivity index (χ4v) is 2.65. The van der Waals surface area contributed by atoms with E-state index in [1.807, 2.05) is 36.6 Å². The van der Waals surface area contributed by atoms with Crippen LogP contribution < -0.4 is 5.32 Å². The van der Waals surface area contributed by atoms with Crippen LogP contribution in [0, 0.1) is 6.92 Å². The Kier molecular flexibility index (Phi) is 4.84. The number of nitrogens with one attached hydrogen (secondary N) is 1. The number of hydrogen-bond donors (Lipinski definition) is 1. The van der Waals surface area contributed by atoms with E-state index >= 15 is 0 Å². The normalized spacial score (nSPS) is 10.6. The predicted octanol–water partition coefficient (Wildman–Crippen LogP) is 5.57. The van der Waals surface area contributed by atoms with E-state index in [2.05, 4.69) is 46.5 Å². The van der Waals surface area contributed by atoms with Crippen molar-refractivity contribution in [2.75, 3.05) is 11.6 Å². The summed E-state index contributed by atoms with van der Waals surface area (Å²) in [6, 6.07) is 17.8. The molecule has 0 fully saturated rings. The molecule has 1 aromatic heterocycles. The summed E-state index contributed by atoms with van der Waals surface area (Å²) in [4.78, 5) is 9.15. The fourth-order valence-electron chi connectivity index (χ4n) is 2.12. The number of rotatable bonds is 4. The zero-order chi connectivity index (χ0) is 16.2. The van der Waals surface area contributed by atoms with Gasteiger partial charge < -0.3 is 5.32 Å². The molecular formula is C18H16ClN3S. The number of nitrogens with zero attached hydrogens (tertiary/aromatic N) is 2. The second kappa shape index (κ2) is 7.02. The van der Waals surface area contributed by atoms with Crippen LogP contribution in [0.25, 0.3) is 11.3 Å². The van der Waals surface area contributed by atoms with Crippen molar-refractivity contribution in [1.29, 1.82) is 0 Å². The molecule has 0 aliphatic heterocycles. The van der Waals surface area contributed by atoms with E-state index < -0.39 is 0 Å². The van der Waals surface area contributed by atoms with Crippen molar-refractivity contribution in [3.8, 4) is 11.3 Å². The predicted molar refractivity (Wildman–Crippen MR) is 98.7 cm³/mol.